The van der Waals surface area contributed by atoms with Gasteiger partial charge < -0.3 is 14.5 Å². The first kappa shape index (κ1) is 18.0. The van der Waals surface area contributed by atoms with Gasteiger partial charge in [0.25, 0.3) is 5.91 Å². The van der Waals surface area contributed by atoms with E-state index in [0.717, 1.165) is 6.29 Å². The lowest BCUT2D eigenvalue weighted by Crippen LogP contribution is -2.56. The molecule has 0 radical (unpaired) electrons. The first-order valence-electron chi connectivity index (χ1n) is 8.05. The monoisotopic (exact) mass is 332 g/mol. The van der Waals surface area contributed by atoms with Crippen LogP contribution >= 0.6 is 0 Å². The summed E-state index contributed by atoms with van der Waals surface area (Å²) in [7, 11) is 0. The summed E-state index contributed by atoms with van der Waals surface area (Å²) in [4.78, 5) is 38.8. The maximum atomic E-state index is 12.6. The third-order valence-electron chi connectivity index (χ3n) is 3.84. The Kier molecular flexibility index (Phi) is 5.26. The normalized spacial score (nSPS) is 18.2. The van der Waals surface area contributed by atoms with Crippen LogP contribution in [0.4, 0.5) is 4.79 Å². The Balaban J connectivity index is 2.00. The van der Waals surface area contributed by atoms with Crippen molar-refractivity contribution in [3.63, 3.8) is 0 Å². The molecule has 2 amide bonds. The molecule has 0 N–H and O–H groups in total. The van der Waals surface area contributed by atoms with E-state index in [9.17, 15) is 14.4 Å². The van der Waals surface area contributed by atoms with E-state index in [0.29, 0.717) is 30.8 Å². The van der Waals surface area contributed by atoms with Crippen LogP contribution in [0.2, 0.25) is 0 Å². The Bertz CT molecular complexity index is 619. The van der Waals surface area contributed by atoms with Gasteiger partial charge in [0.1, 0.15) is 11.9 Å². The van der Waals surface area contributed by atoms with Crippen molar-refractivity contribution in [3.05, 3.63) is 35.4 Å². The molecular formula is C18H24N2O4. The second-order valence-electron chi connectivity index (χ2n) is 7.01. The first-order chi connectivity index (χ1) is 11.2. The lowest BCUT2D eigenvalue weighted by molar-refractivity contribution is 0.00198. The molecule has 1 atom stereocenters. The second kappa shape index (κ2) is 7.03. The molecule has 1 aliphatic rings. The SMILES string of the molecule is C[C@@H]1CN(C(=O)c2ccc(C=O)cc2)CCN1C(=O)OC(C)(C)C. The van der Waals surface area contributed by atoms with Gasteiger partial charge in [0.2, 0.25) is 0 Å². The first-order valence-corrected chi connectivity index (χ1v) is 8.05. The number of hydrogen-bond donors (Lipinski definition) is 0. The van der Waals surface area contributed by atoms with Gasteiger partial charge in [-0.25, -0.2) is 4.79 Å². The van der Waals surface area contributed by atoms with Crippen LogP contribution in [0.5, 0.6) is 0 Å². The fraction of sp³-hybridized carbons (Fsp3) is 0.500. The number of rotatable bonds is 2. The molecular weight excluding hydrogens is 308 g/mol. The molecule has 0 aromatic heterocycles. The molecule has 1 fully saturated rings. The van der Waals surface area contributed by atoms with E-state index in [1.54, 1.807) is 34.1 Å². The lowest BCUT2D eigenvalue weighted by atomic mass is 10.1. The van der Waals surface area contributed by atoms with E-state index in [1.807, 2.05) is 27.7 Å². The average molecular weight is 332 g/mol. The van der Waals surface area contributed by atoms with Crippen molar-refractivity contribution in [2.24, 2.45) is 0 Å². The Labute approximate surface area is 142 Å². The van der Waals surface area contributed by atoms with Crippen molar-refractivity contribution in [2.45, 2.75) is 39.3 Å². The quantitative estimate of drug-likeness (QED) is 0.781. The highest BCUT2D eigenvalue weighted by atomic mass is 16.6. The van der Waals surface area contributed by atoms with Crippen molar-refractivity contribution in [2.75, 3.05) is 19.6 Å². The van der Waals surface area contributed by atoms with Crippen LogP contribution in [0.15, 0.2) is 24.3 Å². The van der Waals surface area contributed by atoms with Crippen LogP contribution < -0.4 is 0 Å². The van der Waals surface area contributed by atoms with Gasteiger partial charge in [0.15, 0.2) is 0 Å². The molecule has 24 heavy (non-hydrogen) atoms. The molecule has 1 saturated heterocycles. The fourth-order valence-electron chi connectivity index (χ4n) is 2.62. The number of hydrogen-bond acceptors (Lipinski definition) is 4. The van der Waals surface area contributed by atoms with E-state index >= 15 is 0 Å². The zero-order chi connectivity index (χ0) is 17.9. The van der Waals surface area contributed by atoms with Crippen LogP contribution in [0.1, 0.15) is 48.4 Å². The molecule has 0 saturated carbocycles. The van der Waals surface area contributed by atoms with Crippen LogP contribution in [-0.2, 0) is 4.74 Å². The molecule has 0 aliphatic carbocycles. The van der Waals surface area contributed by atoms with E-state index in [4.69, 9.17) is 4.74 Å². The van der Waals surface area contributed by atoms with Crippen molar-refractivity contribution in [1.29, 1.82) is 0 Å². The molecule has 0 unspecified atom stereocenters. The molecule has 1 heterocycles. The van der Waals surface area contributed by atoms with Gasteiger partial charge in [-0.15, -0.1) is 0 Å². The Hall–Kier alpha value is -2.37. The number of carbonyl (C=O) groups excluding carboxylic acids is 3. The molecule has 6 nitrogen and oxygen atoms in total. The zero-order valence-corrected chi connectivity index (χ0v) is 14.6. The van der Waals surface area contributed by atoms with Crippen LogP contribution in [0.25, 0.3) is 0 Å². The largest absolute Gasteiger partial charge is 0.444 e. The van der Waals surface area contributed by atoms with Crippen molar-refractivity contribution in [3.8, 4) is 0 Å². The van der Waals surface area contributed by atoms with Gasteiger partial charge in [-0.3, -0.25) is 9.59 Å². The number of ether oxygens (including phenoxy) is 1. The Morgan fingerprint density at radius 1 is 1.17 bits per heavy atom. The van der Waals surface area contributed by atoms with E-state index in [-0.39, 0.29) is 18.0 Å². The molecule has 2 rings (SSSR count). The fourth-order valence-corrected chi connectivity index (χ4v) is 2.62. The predicted molar refractivity (Wildman–Crippen MR) is 90.1 cm³/mol. The maximum absolute atomic E-state index is 12.6. The molecule has 1 aliphatic heterocycles. The molecule has 130 valence electrons. The van der Waals surface area contributed by atoms with E-state index < -0.39 is 5.60 Å². The van der Waals surface area contributed by atoms with Gasteiger partial charge in [0, 0.05) is 36.8 Å². The summed E-state index contributed by atoms with van der Waals surface area (Å²) in [6.45, 7) is 8.74. The third-order valence-corrected chi connectivity index (χ3v) is 3.84. The zero-order valence-electron chi connectivity index (χ0n) is 14.6. The predicted octanol–water partition coefficient (Wildman–Crippen LogP) is 2.58. The highest BCUT2D eigenvalue weighted by Gasteiger charge is 2.32. The summed E-state index contributed by atoms with van der Waals surface area (Å²) in [6.07, 6.45) is 0.396. The topological polar surface area (TPSA) is 66.9 Å². The number of benzene rings is 1. The van der Waals surface area contributed by atoms with Gasteiger partial charge in [0.05, 0.1) is 0 Å². The van der Waals surface area contributed by atoms with Gasteiger partial charge >= 0.3 is 6.09 Å². The highest BCUT2D eigenvalue weighted by molar-refractivity contribution is 5.95. The Morgan fingerprint density at radius 3 is 2.29 bits per heavy atom. The van der Waals surface area contributed by atoms with E-state index in [2.05, 4.69) is 0 Å². The summed E-state index contributed by atoms with van der Waals surface area (Å²) < 4.78 is 5.40. The van der Waals surface area contributed by atoms with Crippen molar-refractivity contribution < 1.29 is 19.1 Å². The maximum Gasteiger partial charge on any atom is 0.410 e. The smallest absolute Gasteiger partial charge is 0.410 e. The van der Waals surface area contributed by atoms with Crippen molar-refractivity contribution in [1.82, 2.24) is 9.80 Å². The lowest BCUT2D eigenvalue weighted by Gasteiger charge is -2.40. The Morgan fingerprint density at radius 2 is 1.79 bits per heavy atom. The second-order valence-corrected chi connectivity index (χ2v) is 7.01. The molecule has 1 aromatic carbocycles. The third kappa shape index (κ3) is 4.34. The molecule has 6 heteroatoms. The number of amides is 2. The molecule has 0 spiro atoms. The summed E-state index contributed by atoms with van der Waals surface area (Å²) in [5.74, 6) is -0.0943. The summed E-state index contributed by atoms with van der Waals surface area (Å²) in [5.41, 5.74) is 0.539. The molecule has 1 aromatic rings. The summed E-state index contributed by atoms with van der Waals surface area (Å²) >= 11 is 0. The standard InChI is InChI=1S/C18H24N2O4/c1-13-11-19(9-10-20(13)17(23)24-18(2,3)4)16(22)15-7-5-14(12-21)6-8-15/h5-8,12-13H,9-11H2,1-4H3/t13-/m1/s1. The van der Waals surface area contributed by atoms with Crippen LogP contribution in [0, 0.1) is 0 Å². The summed E-state index contributed by atoms with van der Waals surface area (Å²) in [6, 6.07) is 6.43. The minimum atomic E-state index is -0.538. The van der Waals surface area contributed by atoms with Gasteiger partial charge in [-0.05, 0) is 39.8 Å². The van der Waals surface area contributed by atoms with Crippen LogP contribution in [0.3, 0.4) is 0 Å². The van der Waals surface area contributed by atoms with Crippen LogP contribution in [-0.4, -0.2) is 59.4 Å². The highest BCUT2D eigenvalue weighted by Crippen LogP contribution is 2.17. The summed E-state index contributed by atoms with van der Waals surface area (Å²) in [5, 5.41) is 0. The number of aldehydes is 1. The van der Waals surface area contributed by atoms with Gasteiger partial charge in [-0.2, -0.15) is 0 Å². The van der Waals surface area contributed by atoms with Gasteiger partial charge in [-0.1, -0.05) is 12.1 Å². The number of nitrogens with zero attached hydrogens (tertiary/aromatic N) is 2. The number of carbonyl (C=O) groups is 3. The number of piperazine rings is 1. The van der Waals surface area contributed by atoms with Crippen molar-refractivity contribution >= 4 is 18.3 Å². The average Bonchev–Trinajstić information content (AvgIpc) is 2.52. The van der Waals surface area contributed by atoms with E-state index in [1.165, 1.54) is 0 Å². The minimum absolute atomic E-state index is 0.0943. The molecule has 0 bridgehead atoms. The minimum Gasteiger partial charge on any atom is -0.444 e.